The summed E-state index contributed by atoms with van der Waals surface area (Å²) in [6.07, 6.45) is 0. The van der Waals surface area contributed by atoms with Gasteiger partial charge >= 0.3 is 0 Å². The highest BCUT2D eigenvalue weighted by Gasteiger charge is 2.17. The fourth-order valence-electron chi connectivity index (χ4n) is 3.12. The topological polar surface area (TPSA) is 84.2 Å². The van der Waals surface area contributed by atoms with Crippen molar-refractivity contribution in [3.05, 3.63) is 72.3 Å². The molecule has 29 heavy (non-hydrogen) atoms. The Balaban J connectivity index is 1.34. The maximum absolute atomic E-state index is 12.6. The third-order valence-corrected chi connectivity index (χ3v) is 5.63. The lowest BCUT2D eigenvalue weighted by Crippen LogP contribution is -2.19. The maximum Gasteiger partial charge on any atom is 0.255 e. The van der Waals surface area contributed by atoms with Gasteiger partial charge in [-0.2, -0.15) is 0 Å². The molecule has 4 aromatic rings. The molecule has 0 bridgehead atoms. The number of carbonyl (C=O) groups is 2. The summed E-state index contributed by atoms with van der Waals surface area (Å²) in [6, 6.07) is 20.2. The summed E-state index contributed by atoms with van der Waals surface area (Å²) in [5.41, 5.74) is 4.17. The molecule has 7 heteroatoms. The number of fused-ring (bicyclic) bond motifs is 2. The third-order valence-electron chi connectivity index (χ3n) is 4.56. The van der Waals surface area contributed by atoms with E-state index >= 15 is 0 Å². The number of hydrogen-bond donors (Lipinski definition) is 2. The van der Waals surface area contributed by atoms with Gasteiger partial charge in [-0.15, -0.1) is 11.8 Å². The fraction of sp³-hybridized carbons (Fsp3) is 0.0455. The van der Waals surface area contributed by atoms with E-state index in [-0.39, 0.29) is 11.8 Å². The summed E-state index contributed by atoms with van der Waals surface area (Å²) in [5.74, 6) is 0.624. The summed E-state index contributed by atoms with van der Waals surface area (Å²) in [7, 11) is 0. The Kier molecular flexibility index (Phi) is 4.29. The summed E-state index contributed by atoms with van der Waals surface area (Å²) >= 11 is 1.46. The van der Waals surface area contributed by atoms with Crippen molar-refractivity contribution in [2.75, 3.05) is 16.4 Å². The summed E-state index contributed by atoms with van der Waals surface area (Å²) in [6.45, 7) is 0. The molecule has 3 aromatic carbocycles. The van der Waals surface area contributed by atoms with E-state index in [1.165, 1.54) is 11.8 Å². The number of para-hydroxylation sites is 2. The molecule has 0 fully saturated rings. The molecular weight excluding hydrogens is 386 g/mol. The fourth-order valence-corrected chi connectivity index (χ4v) is 3.91. The second kappa shape index (κ2) is 7.10. The van der Waals surface area contributed by atoms with Crippen LogP contribution in [0.15, 0.2) is 76.0 Å². The summed E-state index contributed by atoms with van der Waals surface area (Å²) in [4.78, 5) is 29.6. The average molecular weight is 401 g/mol. The molecule has 0 saturated carbocycles. The monoisotopic (exact) mass is 401 g/mol. The van der Waals surface area contributed by atoms with Crippen molar-refractivity contribution in [3.8, 4) is 11.5 Å². The van der Waals surface area contributed by atoms with Crippen LogP contribution in [0, 0.1) is 0 Å². The average Bonchev–Trinajstić information content (AvgIpc) is 3.18. The van der Waals surface area contributed by atoms with Crippen molar-refractivity contribution in [2.45, 2.75) is 4.90 Å². The van der Waals surface area contributed by atoms with E-state index in [0.717, 1.165) is 21.6 Å². The largest absolute Gasteiger partial charge is 0.436 e. The molecular formula is C22H15N3O3S. The van der Waals surface area contributed by atoms with Gasteiger partial charge in [0.1, 0.15) is 5.52 Å². The first-order valence-electron chi connectivity index (χ1n) is 9.00. The van der Waals surface area contributed by atoms with Crippen molar-refractivity contribution in [1.82, 2.24) is 4.98 Å². The van der Waals surface area contributed by atoms with Gasteiger partial charge < -0.3 is 15.1 Å². The van der Waals surface area contributed by atoms with Gasteiger partial charge in [0.05, 0.1) is 11.4 Å². The van der Waals surface area contributed by atoms with E-state index in [1.807, 2.05) is 42.5 Å². The molecule has 5 rings (SSSR count). The van der Waals surface area contributed by atoms with Gasteiger partial charge in [-0.25, -0.2) is 4.98 Å². The zero-order valence-corrected chi connectivity index (χ0v) is 16.0. The Bertz CT molecular complexity index is 1210. The Morgan fingerprint density at radius 2 is 1.90 bits per heavy atom. The lowest BCUT2D eigenvalue weighted by Gasteiger charge is -2.17. The predicted molar refractivity (Wildman–Crippen MR) is 113 cm³/mol. The van der Waals surface area contributed by atoms with Crippen LogP contribution in [0.4, 0.5) is 11.4 Å². The van der Waals surface area contributed by atoms with Gasteiger partial charge in [-0.1, -0.05) is 12.1 Å². The van der Waals surface area contributed by atoms with Crippen LogP contribution in [0.2, 0.25) is 0 Å². The molecule has 1 aliphatic heterocycles. The maximum atomic E-state index is 12.6. The molecule has 2 N–H and O–H groups in total. The molecule has 2 heterocycles. The van der Waals surface area contributed by atoms with Crippen LogP contribution in [0.3, 0.4) is 0 Å². The molecule has 0 spiro atoms. The van der Waals surface area contributed by atoms with Crippen LogP contribution in [-0.2, 0) is 4.79 Å². The molecule has 0 aliphatic carbocycles. The second-order valence-corrected chi connectivity index (χ2v) is 7.58. The smallest absolute Gasteiger partial charge is 0.255 e. The van der Waals surface area contributed by atoms with Gasteiger partial charge in [-0.05, 0) is 54.6 Å². The minimum absolute atomic E-state index is 0.0603. The number of hydrogen-bond acceptors (Lipinski definition) is 5. The van der Waals surface area contributed by atoms with E-state index < -0.39 is 0 Å². The van der Waals surface area contributed by atoms with Gasteiger partial charge in [0, 0.05) is 21.7 Å². The van der Waals surface area contributed by atoms with Crippen LogP contribution >= 0.6 is 11.8 Å². The summed E-state index contributed by atoms with van der Waals surface area (Å²) < 4.78 is 5.77. The number of nitrogens with zero attached hydrogens (tertiary/aromatic N) is 1. The molecule has 0 saturated heterocycles. The SMILES string of the molecule is O=C1CSc2ccc(C(=O)Nc3ccc(-c4nc5ccccc5o4)cc3)cc2N1. The lowest BCUT2D eigenvalue weighted by atomic mass is 10.1. The number of oxazole rings is 1. The zero-order valence-electron chi connectivity index (χ0n) is 15.1. The zero-order chi connectivity index (χ0) is 19.8. The first-order chi connectivity index (χ1) is 14.2. The number of amides is 2. The molecule has 0 atom stereocenters. The quantitative estimate of drug-likeness (QED) is 0.516. The number of aromatic nitrogens is 1. The van der Waals surface area contributed by atoms with Gasteiger partial charge in [0.15, 0.2) is 5.58 Å². The minimum atomic E-state index is -0.243. The normalized spacial score (nSPS) is 13.0. The third kappa shape index (κ3) is 3.48. The number of anilines is 2. The molecule has 1 aromatic heterocycles. The van der Waals surface area contributed by atoms with E-state index in [9.17, 15) is 9.59 Å². The number of carbonyl (C=O) groups excluding carboxylic acids is 2. The van der Waals surface area contributed by atoms with Crippen LogP contribution in [0.5, 0.6) is 0 Å². The second-order valence-electron chi connectivity index (χ2n) is 6.57. The number of benzene rings is 3. The van der Waals surface area contributed by atoms with Crippen molar-refractivity contribution in [1.29, 1.82) is 0 Å². The Hall–Kier alpha value is -3.58. The van der Waals surface area contributed by atoms with Crippen LogP contribution in [0.1, 0.15) is 10.4 Å². The Morgan fingerprint density at radius 3 is 2.72 bits per heavy atom. The summed E-state index contributed by atoms with van der Waals surface area (Å²) in [5, 5.41) is 5.67. The molecule has 1 aliphatic rings. The standard InChI is InChI=1S/C22H15N3O3S/c26-20-12-29-19-10-7-14(11-17(19)24-20)21(27)23-15-8-5-13(6-9-15)22-25-16-3-1-2-4-18(16)28-22/h1-11H,12H2,(H,23,27)(H,24,26). The minimum Gasteiger partial charge on any atom is -0.436 e. The van der Waals surface area contributed by atoms with Crippen molar-refractivity contribution in [3.63, 3.8) is 0 Å². The van der Waals surface area contributed by atoms with E-state index in [2.05, 4.69) is 15.6 Å². The van der Waals surface area contributed by atoms with Gasteiger partial charge in [0.2, 0.25) is 11.8 Å². The molecule has 142 valence electrons. The lowest BCUT2D eigenvalue weighted by molar-refractivity contribution is -0.113. The first-order valence-corrected chi connectivity index (χ1v) is 9.98. The first kappa shape index (κ1) is 17.5. The van der Waals surface area contributed by atoms with Crippen LogP contribution < -0.4 is 10.6 Å². The molecule has 2 amide bonds. The highest BCUT2D eigenvalue weighted by molar-refractivity contribution is 8.00. The van der Waals surface area contributed by atoms with Crippen molar-refractivity contribution < 1.29 is 14.0 Å². The Morgan fingerprint density at radius 1 is 1.07 bits per heavy atom. The highest BCUT2D eigenvalue weighted by Crippen LogP contribution is 2.32. The highest BCUT2D eigenvalue weighted by atomic mass is 32.2. The van der Waals surface area contributed by atoms with Crippen LogP contribution in [0.25, 0.3) is 22.6 Å². The van der Waals surface area contributed by atoms with Gasteiger partial charge in [0.25, 0.3) is 5.91 Å². The number of thioether (sulfide) groups is 1. The number of rotatable bonds is 3. The predicted octanol–water partition coefficient (Wildman–Crippen LogP) is 4.79. The van der Waals surface area contributed by atoms with Crippen molar-refractivity contribution in [2.24, 2.45) is 0 Å². The molecule has 6 nitrogen and oxygen atoms in total. The van der Waals surface area contributed by atoms with Gasteiger partial charge in [-0.3, -0.25) is 9.59 Å². The van der Waals surface area contributed by atoms with Crippen LogP contribution in [-0.4, -0.2) is 22.6 Å². The Labute approximate surface area is 170 Å². The molecule has 0 unspecified atom stereocenters. The molecule has 0 radical (unpaired) electrons. The van der Waals surface area contributed by atoms with E-state index in [4.69, 9.17) is 4.42 Å². The van der Waals surface area contributed by atoms with Crippen molar-refractivity contribution >= 4 is 46.1 Å². The van der Waals surface area contributed by atoms with E-state index in [1.54, 1.807) is 24.3 Å². The number of nitrogens with one attached hydrogen (secondary N) is 2. The van der Waals surface area contributed by atoms with E-state index in [0.29, 0.717) is 28.6 Å².